The Morgan fingerprint density at radius 2 is 1.29 bits per heavy atom. The van der Waals surface area contributed by atoms with Crippen LogP contribution < -0.4 is 4.90 Å². The highest BCUT2D eigenvalue weighted by Gasteiger charge is 2.12. The minimum Gasteiger partial charge on any atom is -0.372 e. The van der Waals surface area contributed by atoms with E-state index in [0.29, 0.717) is 5.56 Å². The highest BCUT2D eigenvalue weighted by atomic mass is 19.1. The fourth-order valence-corrected chi connectivity index (χ4v) is 4.09. The van der Waals surface area contributed by atoms with E-state index in [-0.39, 0.29) is 0 Å². The molecule has 0 aromatic heterocycles. The molecule has 0 N–H and O–H groups in total. The third kappa shape index (κ3) is 7.78. The van der Waals surface area contributed by atoms with Gasteiger partial charge in [-0.3, -0.25) is 10.1 Å². The van der Waals surface area contributed by atoms with Crippen molar-refractivity contribution in [2.24, 2.45) is 0 Å². The normalized spacial score (nSPS) is 11.2. The van der Waals surface area contributed by atoms with E-state index in [0.717, 1.165) is 24.2 Å². The van der Waals surface area contributed by atoms with E-state index in [1.54, 1.807) is 12.1 Å². The van der Waals surface area contributed by atoms with Crippen LogP contribution in [0.5, 0.6) is 0 Å². The van der Waals surface area contributed by atoms with E-state index in [4.69, 9.17) is 0 Å². The highest BCUT2D eigenvalue weighted by Crippen LogP contribution is 2.25. The summed E-state index contributed by atoms with van der Waals surface area (Å²) < 4.78 is 13.8. The summed E-state index contributed by atoms with van der Waals surface area (Å²) in [6.07, 6.45) is 11.1. The SMILES string of the molecule is CCCCCN(CCCCC)c1ccc(-c2ccc(C=Cc3ccc([N+](=O)[O-])c(F)c3)cc2)cc1. The third-order valence-electron chi connectivity index (χ3n) is 6.18. The summed E-state index contributed by atoms with van der Waals surface area (Å²) in [4.78, 5) is 12.6. The van der Waals surface area contributed by atoms with E-state index in [2.05, 4.69) is 55.1 Å². The van der Waals surface area contributed by atoms with Gasteiger partial charge in [0.25, 0.3) is 0 Å². The van der Waals surface area contributed by atoms with Crippen LogP contribution in [0.3, 0.4) is 0 Å². The van der Waals surface area contributed by atoms with Gasteiger partial charge in [0.15, 0.2) is 0 Å². The van der Waals surface area contributed by atoms with Gasteiger partial charge in [-0.1, -0.05) is 88.1 Å². The zero-order valence-electron chi connectivity index (χ0n) is 20.8. The molecule has 0 amide bonds. The highest BCUT2D eigenvalue weighted by molar-refractivity contribution is 5.73. The molecule has 5 heteroatoms. The Bertz CT molecular complexity index is 1100. The summed E-state index contributed by atoms with van der Waals surface area (Å²) >= 11 is 0. The Balaban J connectivity index is 1.66. The number of nitrogens with zero attached hydrogens (tertiary/aromatic N) is 2. The Morgan fingerprint density at radius 1 is 0.771 bits per heavy atom. The fraction of sp³-hybridized carbons (Fsp3) is 0.333. The van der Waals surface area contributed by atoms with E-state index >= 15 is 0 Å². The first kappa shape index (κ1) is 26.1. The molecular weight excluding hydrogens is 439 g/mol. The maximum Gasteiger partial charge on any atom is 0.304 e. The van der Waals surface area contributed by atoms with E-state index in [1.165, 1.54) is 61.9 Å². The lowest BCUT2D eigenvalue weighted by atomic mass is 10.0. The average Bonchev–Trinajstić information content (AvgIpc) is 2.87. The van der Waals surface area contributed by atoms with E-state index < -0.39 is 16.4 Å². The average molecular weight is 475 g/mol. The van der Waals surface area contributed by atoms with Crippen molar-refractivity contribution in [1.82, 2.24) is 0 Å². The Morgan fingerprint density at radius 3 is 1.80 bits per heavy atom. The van der Waals surface area contributed by atoms with Gasteiger partial charge in [-0.05, 0) is 59.4 Å². The van der Waals surface area contributed by atoms with Gasteiger partial charge in [-0.2, -0.15) is 4.39 Å². The number of unbranched alkanes of at least 4 members (excludes halogenated alkanes) is 4. The van der Waals surface area contributed by atoms with Crippen molar-refractivity contribution in [1.29, 1.82) is 0 Å². The first-order chi connectivity index (χ1) is 17.0. The molecule has 0 aliphatic carbocycles. The molecule has 3 rings (SSSR count). The van der Waals surface area contributed by atoms with Gasteiger partial charge < -0.3 is 4.90 Å². The smallest absolute Gasteiger partial charge is 0.304 e. The number of hydrogen-bond acceptors (Lipinski definition) is 3. The number of hydrogen-bond donors (Lipinski definition) is 0. The van der Waals surface area contributed by atoms with Crippen molar-refractivity contribution in [3.63, 3.8) is 0 Å². The minimum absolute atomic E-state index is 0.512. The molecule has 0 fully saturated rings. The molecule has 35 heavy (non-hydrogen) atoms. The molecule has 0 aliphatic rings. The first-order valence-corrected chi connectivity index (χ1v) is 12.6. The number of rotatable bonds is 13. The quantitative estimate of drug-likeness (QED) is 0.108. The van der Waals surface area contributed by atoms with Crippen LogP contribution in [0.25, 0.3) is 23.3 Å². The van der Waals surface area contributed by atoms with Crippen LogP contribution in [0.4, 0.5) is 15.8 Å². The topological polar surface area (TPSA) is 46.4 Å². The molecule has 0 saturated heterocycles. The fourth-order valence-electron chi connectivity index (χ4n) is 4.09. The molecule has 4 nitrogen and oxygen atoms in total. The third-order valence-corrected chi connectivity index (χ3v) is 6.18. The van der Waals surface area contributed by atoms with Crippen molar-refractivity contribution in [3.8, 4) is 11.1 Å². The summed E-state index contributed by atoms with van der Waals surface area (Å²) in [5.74, 6) is -0.828. The number of benzene rings is 3. The first-order valence-electron chi connectivity index (χ1n) is 12.6. The van der Waals surface area contributed by atoms with Gasteiger partial charge in [0.1, 0.15) is 0 Å². The maximum absolute atomic E-state index is 13.8. The van der Waals surface area contributed by atoms with Crippen molar-refractivity contribution in [2.45, 2.75) is 52.4 Å². The van der Waals surface area contributed by atoms with Crippen molar-refractivity contribution in [3.05, 3.63) is 93.8 Å². The lowest BCUT2D eigenvalue weighted by Gasteiger charge is -2.25. The molecule has 0 aliphatic heterocycles. The standard InChI is InChI=1S/C30H35FN2O2/c1-3-5-7-21-32(22-8-6-4-2)28-18-16-27(17-19-28)26-14-11-24(12-15-26)9-10-25-13-20-30(33(34)35)29(31)23-25/h9-20,23H,3-8,21-22H2,1-2H3. The number of nitro benzene ring substituents is 1. The van der Waals surface area contributed by atoms with Gasteiger partial charge in [0.05, 0.1) is 4.92 Å². The van der Waals surface area contributed by atoms with Crippen LogP contribution in [0.1, 0.15) is 63.5 Å². The largest absolute Gasteiger partial charge is 0.372 e. The Kier molecular flexibility index (Phi) is 10.0. The predicted octanol–water partition coefficient (Wildman–Crippen LogP) is 8.76. The van der Waals surface area contributed by atoms with Gasteiger partial charge >= 0.3 is 5.69 Å². The van der Waals surface area contributed by atoms with E-state index in [9.17, 15) is 14.5 Å². The van der Waals surface area contributed by atoms with Crippen LogP contribution in [0.2, 0.25) is 0 Å². The Labute approximate surface area is 208 Å². The number of nitro groups is 1. The molecule has 0 saturated carbocycles. The van der Waals surface area contributed by atoms with Crippen molar-refractivity contribution >= 4 is 23.5 Å². The van der Waals surface area contributed by atoms with Gasteiger partial charge in [0, 0.05) is 24.8 Å². The van der Waals surface area contributed by atoms with Crippen LogP contribution in [-0.2, 0) is 0 Å². The molecule has 3 aromatic carbocycles. The second-order valence-corrected chi connectivity index (χ2v) is 8.87. The molecule has 0 unspecified atom stereocenters. The molecule has 0 bridgehead atoms. The van der Waals surface area contributed by atoms with Crippen LogP contribution in [0.15, 0.2) is 66.7 Å². The molecule has 0 spiro atoms. The molecule has 3 aromatic rings. The van der Waals surface area contributed by atoms with Crippen molar-refractivity contribution < 1.29 is 9.31 Å². The minimum atomic E-state index is -0.828. The molecule has 0 heterocycles. The zero-order valence-corrected chi connectivity index (χ0v) is 20.8. The summed E-state index contributed by atoms with van der Waals surface area (Å²) in [5.41, 5.74) is 4.64. The van der Waals surface area contributed by atoms with Crippen LogP contribution in [0, 0.1) is 15.9 Å². The Hall–Kier alpha value is -3.47. The number of halogens is 1. The summed E-state index contributed by atoms with van der Waals surface area (Å²) in [7, 11) is 0. The summed E-state index contributed by atoms with van der Waals surface area (Å²) in [6.45, 7) is 6.70. The lowest BCUT2D eigenvalue weighted by Crippen LogP contribution is -2.25. The van der Waals surface area contributed by atoms with Crippen molar-refractivity contribution in [2.75, 3.05) is 18.0 Å². The van der Waals surface area contributed by atoms with Crippen LogP contribution in [-0.4, -0.2) is 18.0 Å². The monoisotopic (exact) mass is 474 g/mol. The van der Waals surface area contributed by atoms with Gasteiger partial charge in [0.2, 0.25) is 5.82 Å². The molecular formula is C30H35FN2O2. The maximum atomic E-state index is 13.8. The molecule has 0 atom stereocenters. The molecule has 184 valence electrons. The molecule has 0 radical (unpaired) electrons. The van der Waals surface area contributed by atoms with Crippen LogP contribution >= 0.6 is 0 Å². The number of anilines is 1. The predicted molar refractivity (Wildman–Crippen MR) is 145 cm³/mol. The second kappa shape index (κ2) is 13.4. The summed E-state index contributed by atoms with van der Waals surface area (Å²) in [6, 6.07) is 20.9. The zero-order chi connectivity index (χ0) is 25.0. The van der Waals surface area contributed by atoms with E-state index in [1.807, 2.05) is 18.2 Å². The summed E-state index contributed by atoms with van der Waals surface area (Å²) in [5, 5.41) is 10.8. The van der Waals surface area contributed by atoms with Gasteiger partial charge in [-0.15, -0.1) is 0 Å². The second-order valence-electron chi connectivity index (χ2n) is 8.87. The lowest BCUT2D eigenvalue weighted by molar-refractivity contribution is -0.387. The van der Waals surface area contributed by atoms with Gasteiger partial charge in [-0.25, -0.2) is 0 Å².